The third-order valence-corrected chi connectivity index (χ3v) is 1.13. The van der Waals surface area contributed by atoms with Gasteiger partial charge in [0.1, 0.15) is 11.3 Å². The van der Waals surface area contributed by atoms with E-state index < -0.39 is 5.97 Å². The maximum absolute atomic E-state index is 10.3. The number of carbonyl (C=O) groups is 1. The number of carboxylic acids is 1. The number of phenols is 1. The standard InChI is InChI=1S/C7H6O3.Hg/c8-6-4-2-1-3-5(6)7(9)10;/h1-4,8H,(H,9,10);. The number of carboxylic acid groups (broad SMARTS) is 1. The van der Waals surface area contributed by atoms with Gasteiger partial charge in [-0.15, -0.1) is 0 Å². The van der Waals surface area contributed by atoms with Gasteiger partial charge in [0, 0.05) is 27.7 Å². The van der Waals surface area contributed by atoms with Crippen LogP contribution in [0, 0.1) is 0 Å². The van der Waals surface area contributed by atoms with Crippen molar-refractivity contribution in [2.45, 2.75) is 0 Å². The van der Waals surface area contributed by atoms with Gasteiger partial charge in [-0.2, -0.15) is 0 Å². The van der Waals surface area contributed by atoms with Gasteiger partial charge >= 0.3 is 5.97 Å². The van der Waals surface area contributed by atoms with E-state index in [2.05, 4.69) is 0 Å². The number of hydrogen-bond acceptors (Lipinski definition) is 2. The van der Waals surface area contributed by atoms with Gasteiger partial charge in [-0.3, -0.25) is 0 Å². The molecule has 0 saturated heterocycles. The summed E-state index contributed by atoms with van der Waals surface area (Å²) in [7, 11) is 0. The van der Waals surface area contributed by atoms with Crippen molar-refractivity contribution >= 4 is 5.97 Å². The van der Waals surface area contributed by atoms with Crippen molar-refractivity contribution in [1.29, 1.82) is 0 Å². The fourth-order valence-electron chi connectivity index (χ4n) is 0.654. The first-order chi connectivity index (χ1) is 4.72. The number of aromatic hydroxyl groups is 1. The van der Waals surface area contributed by atoms with Crippen LogP contribution in [0.3, 0.4) is 0 Å². The molecule has 0 spiro atoms. The average molecular weight is 339 g/mol. The molecule has 0 radical (unpaired) electrons. The molecular formula is C7H6HgO3. The minimum Gasteiger partial charge on any atom is -0.507 e. The Hall–Kier alpha value is -0.575. The number of rotatable bonds is 1. The molecule has 0 atom stereocenters. The zero-order valence-electron chi connectivity index (χ0n) is 5.82. The summed E-state index contributed by atoms with van der Waals surface area (Å²) >= 11 is 0. The molecule has 0 unspecified atom stereocenters. The molecule has 1 rings (SSSR count). The third-order valence-electron chi connectivity index (χ3n) is 1.13. The molecule has 54 valence electrons. The number of benzene rings is 1. The van der Waals surface area contributed by atoms with Crippen molar-refractivity contribution in [1.82, 2.24) is 0 Å². The first-order valence-electron chi connectivity index (χ1n) is 2.73. The van der Waals surface area contributed by atoms with Crippen LogP contribution in [-0.2, 0) is 27.7 Å². The van der Waals surface area contributed by atoms with Gasteiger partial charge < -0.3 is 10.2 Å². The average Bonchev–Trinajstić information content (AvgIpc) is 1.88. The Labute approximate surface area is 84.2 Å². The molecular weight excluding hydrogens is 333 g/mol. The van der Waals surface area contributed by atoms with Crippen LogP contribution < -0.4 is 0 Å². The summed E-state index contributed by atoms with van der Waals surface area (Å²) in [5.41, 5.74) is -0.0671. The fourth-order valence-corrected chi connectivity index (χ4v) is 0.654. The van der Waals surface area contributed by atoms with Gasteiger partial charge in [0.15, 0.2) is 0 Å². The van der Waals surface area contributed by atoms with Gasteiger partial charge in [-0.1, -0.05) is 12.1 Å². The first-order valence-corrected chi connectivity index (χ1v) is 2.73. The number of aromatic carboxylic acids is 1. The molecule has 0 aromatic heterocycles. The van der Waals surface area contributed by atoms with Crippen LogP contribution in [0.25, 0.3) is 0 Å². The molecule has 0 fully saturated rings. The van der Waals surface area contributed by atoms with Crippen LogP contribution in [0.5, 0.6) is 5.75 Å². The number of para-hydroxylation sites is 1. The van der Waals surface area contributed by atoms with Crippen molar-refractivity contribution in [3.8, 4) is 5.75 Å². The van der Waals surface area contributed by atoms with Crippen LogP contribution in [0.4, 0.5) is 0 Å². The smallest absolute Gasteiger partial charge is 0.339 e. The molecule has 1 aromatic carbocycles. The van der Waals surface area contributed by atoms with Crippen LogP contribution in [0.1, 0.15) is 10.4 Å². The molecule has 4 heteroatoms. The Morgan fingerprint density at radius 3 is 2.18 bits per heavy atom. The Morgan fingerprint density at radius 1 is 1.27 bits per heavy atom. The van der Waals surface area contributed by atoms with Crippen molar-refractivity contribution in [2.24, 2.45) is 0 Å². The Morgan fingerprint density at radius 2 is 1.82 bits per heavy atom. The Bertz CT molecular complexity index is 260. The van der Waals surface area contributed by atoms with Gasteiger partial charge in [0.2, 0.25) is 0 Å². The summed E-state index contributed by atoms with van der Waals surface area (Å²) in [6, 6.07) is 5.81. The normalized spacial score (nSPS) is 8.36. The summed E-state index contributed by atoms with van der Waals surface area (Å²) in [4.78, 5) is 10.3. The molecule has 0 amide bonds. The second kappa shape index (κ2) is 4.33. The van der Waals surface area contributed by atoms with Crippen molar-refractivity contribution in [3.05, 3.63) is 29.8 Å². The maximum atomic E-state index is 10.3. The minimum atomic E-state index is -1.11. The second-order valence-corrected chi connectivity index (χ2v) is 1.82. The summed E-state index contributed by atoms with van der Waals surface area (Å²) in [6.45, 7) is 0. The largest absolute Gasteiger partial charge is 0.507 e. The van der Waals surface area contributed by atoms with Gasteiger partial charge in [0.05, 0.1) is 0 Å². The second-order valence-electron chi connectivity index (χ2n) is 1.82. The molecule has 2 N–H and O–H groups in total. The molecule has 0 aliphatic rings. The molecule has 0 heterocycles. The van der Waals surface area contributed by atoms with Gasteiger partial charge in [-0.25, -0.2) is 4.79 Å². The zero-order chi connectivity index (χ0) is 7.56. The zero-order valence-corrected chi connectivity index (χ0v) is 11.3. The topological polar surface area (TPSA) is 57.5 Å². The van der Waals surface area contributed by atoms with Crippen LogP contribution >= 0.6 is 0 Å². The van der Waals surface area contributed by atoms with E-state index in [9.17, 15) is 4.79 Å². The van der Waals surface area contributed by atoms with Crippen LogP contribution in [-0.4, -0.2) is 16.2 Å². The van der Waals surface area contributed by atoms with E-state index in [1.165, 1.54) is 12.1 Å². The molecule has 3 nitrogen and oxygen atoms in total. The molecule has 11 heavy (non-hydrogen) atoms. The maximum Gasteiger partial charge on any atom is 0.339 e. The van der Waals surface area contributed by atoms with Crippen molar-refractivity contribution in [3.63, 3.8) is 0 Å². The molecule has 0 saturated carbocycles. The molecule has 0 bridgehead atoms. The Balaban J connectivity index is 0.000001000. The third kappa shape index (κ3) is 2.50. The number of hydrogen-bond donors (Lipinski definition) is 2. The summed E-state index contributed by atoms with van der Waals surface area (Å²) in [6.07, 6.45) is 0. The fraction of sp³-hybridized carbons (Fsp3) is 0. The van der Waals surface area contributed by atoms with Crippen LogP contribution in [0.15, 0.2) is 24.3 Å². The summed E-state index contributed by atoms with van der Waals surface area (Å²) < 4.78 is 0. The predicted octanol–water partition coefficient (Wildman–Crippen LogP) is 1.09. The van der Waals surface area contributed by atoms with E-state index in [4.69, 9.17) is 10.2 Å². The van der Waals surface area contributed by atoms with E-state index in [-0.39, 0.29) is 39.0 Å². The van der Waals surface area contributed by atoms with Crippen molar-refractivity contribution < 1.29 is 42.7 Å². The molecule has 1 aromatic rings. The Kier molecular flexibility index (Phi) is 4.11. The monoisotopic (exact) mass is 340 g/mol. The van der Waals surface area contributed by atoms with Crippen molar-refractivity contribution in [2.75, 3.05) is 0 Å². The molecule has 0 aliphatic carbocycles. The van der Waals surface area contributed by atoms with E-state index in [1.807, 2.05) is 0 Å². The SMILES string of the molecule is O=C(O)c1ccccc1O.[Hg]. The van der Waals surface area contributed by atoms with E-state index in [1.54, 1.807) is 12.1 Å². The van der Waals surface area contributed by atoms with E-state index >= 15 is 0 Å². The van der Waals surface area contributed by atoms with E-state index in [0.29, 0.717) is 0 Å². The molecule has 0 aliphatic heterocycles. The predicted molar refractivity (Wildman–Crippen MR) is 35.1 cm³/mol. The van der Waals surface area contributed by atoms with E-state index in [0.717, 1.165) is 0 Å². The minimum absolute atomic E-state index is 0. The van der Waals surface area contributed by atoms with Gasteiger partial charge in [0.25, 0.3) is 0 Å². The summed E-state index contributed by atoms with van der Waals surface area (Å²) in [5, 5.41) is 17.3. The van der Waals surface area contributed by atoms with Gasteiger partial charge in [-0.05, 0) is 12.1 Å². The summed E-state index contributed by atoms with van der Waals surface area (Å²) in [5.74, 6) is -1.31. The quantitative estimate of drug-likeness (QED) is 0.754. The van der Waals surface area contributed by atoms with Crippen LogP contribution in [0.2, 0.25) is 0 Å². The first kappa shape index (κ1) is 10.4.